The molecular weight excluding hydrogens is 256 g/mol. The zero-order valence-electron chi connectivity index (χ0n) is 10.9. The third-order valence-corrected chi connectivity index (χ3v) is 5.14. The molecule has 1 fully saturated rings. The maximum Gasteiger partial charge on any atom is 0.281 e. The molecule has 1 rings (SSSR count). The summed E-state index contributed by atoms with van der Waals surface area (Å²) in [5.74, 6) is -0.282. The van der Waals surface area contributed by atoms with Gasteiger partial charge in [-0.25, -0.2) is 0 Å². The number of piperidine rings is 1. The molecule has 1 saturated heterocycles. The van der Waals surface area contributed by atoms with Gasteiger partial charge in [-0.3, -0.25) is 0 Å². The molecule has 7 nitrogen and oxygen atoms in total. The van der Waals surface area contributed by atoms with Crippen molar-refractivity contribution in [2.24, 2.45) is 16.8 Å². The summed E-state index contributed by atoms with van der Waals surface area (Å²) in [6, 6.07) is 0. The second-order valence-corrected chi connectivity index (χ2v) is 6.71. The summed E-state index contributed by atoms with van der Waals surface area (Å²) in [5, 5.41) is 11.4. The van der Waals surface area contributed by atoms with Crippen LogP contribution in [0.4, 0.5) is 0 Å². The van der Waals surface area contributed by atoms with Crippen LogP contribution in [-0.4, -0.2) is 54.8 Å². The molecule has 0 aromatic rings. The minimum absolute atomic E-state index is 0.0377. The summed E-state index contributed by atoms with van der Waals surface area (Å²) in [5.41, 5.74) is 5.45. The van der Waals surface area contributed by atoms with Gasteiger partial charge in [-0.05, 0) is 12.8 Å². The van der Waals surface area contributed by atoms with E-state index in [0.29, 0.717) is 13.1 Å². The lowest BCUT2D eigenvalue weighted by molar-refractivity contribution is 0.303. The van der Waals surface area contributed by atoms with E-state index in [9.17, 15) is 8.42 Å². The molecule has 0 amide bonds. The predicted molar refractivity (Wildman–Crippen MR) is 69.5 cm³/mol. The summed E-state index contributed by atoms with van der Waals surface area (Å²) < 4.78 is 27.2. The monoisotopic (exact) mass is 278 g/mol. The molecule has 0 radical (unpaired) electrons. The lowest BCUT2D eigenvalue weighted by Crippen LogP contribution is -2.46. The zero-order chi connectivity index (χ0) is 13.8. The largest absolute Gasteiger partial charge is 0.409 e. The van der Waals surface area contributed by atoms with Crippen LogP contribution < -0.4 is 5.73 Å². The van der Waals surface area contributed by atoms with Crippen LogP contribution in [0.5, 0.6) is 0 Å². The molecule has 1 heterocycles. The number of hydrogen-bond acceptors (Lipinski definition) is 4. The molecule has 0 spiro atoms. The van der Waals surface area contributed by atoms with Gasteiger partial charge in [0, 0.05) is 32.6 Å². The van der Waals surface area contributed by atoms with Gasteiger partial charge in [0.05, 0.1) is 0 Å². The van der Waals surface area contributed by atoms with Gasteiger partial charge in [0.1, 0.15) is 5.84 Å². The number of nitrogens with two attached hydrogens (primary N) is 1. The first kappa shape index (κ1) is 15.2. The Bertz CT molecular complexity index is 390. The Balaban J connectivity index is 2.66. The standard InChI is InChI=1S/C10H22N4O3S/c1-9(10(11)12-15)8-13(2)18(16,17)14-6-4-3-5-7-14/h9,15H,3-8H2,1-2H3,(H2,11,12). The van der Waals surface area contributed by atoms with E-state index in [1.54, 1.807) is 6.92 Å². The fraction of sp³-hybridized carbons (Fsp3) is 0.900. The van der Waals surface area contributed by atoms with E-state index in [-0.39, 0.29) is 18.3 Å². The Morgan fingerprint density at radius 1 is 1.44 bits per heavy atom. The van der Waals surface area contributed by atoms with Gasteiger partial charge in [-0.1, -0.05) is 18.5 Å². The fourth-order valence-electron chi connectivity index (χ4n) is 1.96. The summed E-state index contributed by atoms with van der Waals surface area (Å²) in [7, 11) is -1.91. The lowest BCUT2D eigenvalue weighted by Gasteiger charge is -2.31. The van der Waals surface area contributed by atoms with E-state index < -0.39 is 10.2 Å². The van der Waals surface area contributed by atoms with Crippen LogP contribution in [-0.2, 0) is 10.2 Å². The van der Waals surface area contributed by atoms with Gasteiger partial charge in [-0.15, -0.1) is 0 Å². The van der Waals surface area contributed by atoms with Crippen molar-refractivity contribution in [3.05, 3.63) is 0 Å². The normalized spacial score (nSPS) is 21.2. The quantitative estimate of drug-likeness (QED) is 0.321. The molecule has 106 valence electrons. The highest BCUT2D eigenvalue weighted by Crippen LogP contribution is 2.16. The third kappa shape index (κ3) is 3.56. The molecule has 0 saturated carbocycles. The van der Waals surface area contributed by atoms with Gasteiger partial charge < -0.3 is 10.9 Å². The highest BCUT2D eigenvalue weighted by molar-refractivity contribution is 7.86. The van der Waals surface area contributed by atoms with Crippen molar-refractivity contribution in [2.75, 3.05) is 26.7 Å². The maximum atomic E-state index is 12.2. The van der Waals surface area contributed by atoms with Gasteiger partial charge >= 0.3 is 0 Å². The molecule has 1 aliphatic heterocycles. The van der Waals surface area contributed by atoms with Gasteiger partial charge in [0.15, 0.2) is 0 Å². The number of hydrogen-bond donors (Lipinski definition) is 2. The van der Waals surface area contributed by atoms with E-state index in [4.69, 9.17) is 10.9 Å². The lowest BCUT2D eigenvalue weighted by atomic mass is 10.2. The van der Waals surface area contributed by atoms with Crippen LogP contribution in [0.15, 0.2) is 5.16 Å². The van der Waals surface area contributed by atoms with Crippen molar-refractivity contribution < 1.29 is 13.6 Å². The molecule has 1 aliphatic rings. The number of rotatable bonds is 5. The van der Waals surface area contributed by atoms with E-state index in [0.717, 1.165) is 19.3 Å². The van der Waals surface area contributed by atoms with E-state index in [2.05, 4.69) is 5.16 Å². The van der Waals surface area contributed by atoms with E-state index in [1.165, 1.54) is 15.7 Å². The number of oxime groups is 1. The zero-order valence-corrected chi connectivity index (χ0v) is 11.7. The van der Waals surface area contributed by atoms with Crippen LogP contribution in [0.3, 0.4) is 0 Å². The van der Waals surface area contributed by atoms with E-state index in [1.807, 2.05) is 0 Å². The molecule has 18 heavy (non-hydrogen) atoms. The van der Waals surface area contributed by atoms with Crippen LogP contribution >= 0.6 is 0 Å². The molecule has 3 N–H and O–H groups in total. The molecule has 1 unspecified atom stereocenters. The molecule has 0 bridgehead atoms. The highest BCUT2D eigenvalue weighted by Gasteiger charge is 2.29. The van der Waals surface area contributed by atoms with Crippen LogP contribution in [0.1, 0.15) is 26.2 Å². The molecule has 1 atom stereocenters. The summed E-state index contributed by atoms with van der Waals surface area (Å²) in [6.07, 6.45) is 2.89. The highest BCUT2D eigenvalue weighted by atomic mass is 32.2. The minimum atomic E-state index is -3.42. The molecule has 8 heteroatoms. The Kier molecular flexibility index (Phi) is 5.36. The molecular formula is C10H22N4O3S. The first-order chi connectivity index (χ1) is 8.39. The average Bonchev–Trinajstić information content (AvgIpc) is 2.38. The smallest absolute Gasteiger partial charge is 0.281 e. The summed E-state index contributed by atoms with van der Waals surface area (Å²) in [6.45, 7) is 3.07. The molecule has 0 aromatic heterocycles. The molecule has 0 aromatic carbocycles. The Labute approximate surface area is 108 Å². The molecule has 0 aliphatic carbocycles. The fourth-order valence-corrected chi connectivity index (χ4v) is 3.49. The average molecular weight is 278 g/mol. The van der Waals surface area contributed by atoms with Crippen LogP contribution in [0.25, 0.3) is 0 Å². The van der Waals surface area contributed by atoms with Crippen molar-refractivity contribution in [1.82, 2.24) is 8.61 Å². The second kappa shape index (κ2) is 6.35. The third-order valence-electron chi connectivity index (χ3n) is 3.19. The number of nitrogens with zero attached hydrogens (tertiary/aromatic N) is 3. The SMILES string of the molecule is CC(CN(C)S(=O)(=O)N1CCCCC1)C(N)=NO. The van der Waals surface area contributed by atoms with Crippen molar-refractivity contribution >= 4 is 16.0 Å². The van der Waals surface area contributed by atoms with E-state index >= 15 is 0 Å². The van der Waals surface area contributed by atoms with Crippen molar-refractivity contribution in [1.29, 1.82) is 0 Å². The number of amidine groups is 1. The first-order valence-corrected chi connectivity index (χ1v) is 7.48. The van der Waals surface area contributed by atoms with Crippen molar-refractivity contribution in [3.63, 3.8) is 0 Å². The van der Waals surface area contributed by atoms with Crippen LogP contribution in [0.2, 0.25) is 0 Å². The predicted octanol–water partition coefficient (Wildman–Crippen LogP) is 0.0314. The Morgan fingerprint density at radius 3 is 2.50 bits per heavy atom. The van der Waals surface area contributed by atoms with Crippen molar-refractivity contribution in [2.45, 2.75) is 26.2 Å². The second-order valence-electron chi connectivity index (χ2n) is 4.67. The van der Waals surface area contributed by atoms with Crippen molar-refractivity contribution in [3.8, 4) is 0 Å². The Morgan fingerprint density at radius 2 is 2.00 bits per heavy atom. The first-order valence-electron chi connectivity index (χ1n) is 6.08. The maximum absolute atomic E-state index is 12.2. The topological polar surface area (TPSA) is 99.2 Å². The summed E-state index contributed by atoms with van der Waals surface area (Å²) >= 11 is 0. The van der Waals surface area contributed by atoms with Gasteiger partial charge in [0.25, 0.3) is 10.2 Å². The van der Waals surface area contributed by atoms with Gasteiger partial charge in [-0.2, -0.15) is 17.0 Å². The summed E-state index contributed by atoms with van der Waals surface area (Å²) in [4.78, 5) is 0. The Hall–Kier alpha value is -0.860. The van der Waals surface area contributed by atoms with Crippen LogP contribution in [0, 0.1) is 5.92 Å². The van der Waals surface area contributed by atoms with Gasteiger partial charge in [0.2, 0.25) is 0 Å². The minimum Gasteiger partial charge on any atom is -0.409 e.